The van der Waals surface area contributed by atoms with E-state index in [0.717, 1.165) is 44.6 Å². The van der Waals surface area contributed by atoms with Crippen molar-refractivity contribution in [2.75, 3.05) is 20.2 Å². The largest absolute Gasteiger partial charge is 0.490 e. The Morgan fingerprint density at radius 2 is 1.20 bits per heavy atom. The molecule has 1 rings (SSSR count). The first-order valence-electron chi connectivity index (χ1n) is 13.7. The van der Waals surface area contributed by atoms with Gasteiger partial charge in [-0.1, -0.05) is 104 Å². The predicted molar refractivity (Wildman–Crippen MR) is 144 cm³/mol. The molecule has 1 aromatic rings. The fraction of sp³-hybridized carbons (Fsp3) is 0.778. The van der Waals surface area contributed by atoms with E-state index >= 15 is 0 Å². The van der Waals surface area contributed by atoms with E-state index in [2.05, 4.69) is 13.8 Å². The number of methoxy groups -OCH3 is 1. The van der Waals surface area contributed by atoms with Crippen LogP contribution in [0.3, 0.4) is 0 Å². The number of rotatable bonds is 22. The van der Waals surface area contributed by atoms with E-state index in [1.54, 1.807) is 0 Å². The Hall–Kier alpha value is -1.67. The van der Waals surface area contributed by atoms with Crippen molar-refractivity contribution in [3.63, 3.8) is 0 Å². The summed E-state index contributed by atoms with van der Waals surface area (Å²) in [6, 6.07) is 3.91. The van der Waals surface area contributed by atoms with Crippen molar-refractivity contribution in [1.29, 1.82) is 0 Å². The number of nitrogens with zero attached hydrogens (tertiary/aromatic N) is 2. The molecule has 0 saturated carbocycles. The molecular formula is C27H48N2O5S. The molecule has 0 bridgehead atoms. The molecule has 8 heteroatoms. The fourth-order valence-electron chi connectivity index (χ4n) is 4.32. The van der Waals surface area contributed by atoms with Crippen LogP contribution in [-0.2, 0) is 10.0 Å². The standard InChI is InChI=1S/C27H48N2O5S/c1-4-6-8-10-12-14-16-18-22-28(23-19-17-15-13-11-9-7-5-2)35(32,33)25-20-21-27(34-3)26(24-25)29(30)31/h20-21,24H,4-19,22-23H2,1-3H3. The van der Waals surface area contributed by atoms with Gasteiger partial charge < -0.3 is 4.74 Å². The van der Waals surface area contributed by atoms with Crippen LogP contribution >= 0.6 is 0 Å². The van der Waals surface area contributed by atoms with Crippen LogP contribution in [0, 0.1) is 10.1 Å². The monoisotopic (exact) mass is 512 g/mol. The molecule has 0 aliphatic rings. The van der Waals surface area contributed by atoms with Gasteiger partial charge in [0.25, 0.3) is 0 Å². The predicted octanol–water partition coefficient (Wildman–Crippen LogP) is 7.88. The van der Waals surface area contributed by atoms with Crippen molar-refractivity contribution in [1.82, 2.24) is 4.31 Å². The van der Waals surface area contributed by atoms with Crippen LogP contribution < -0.4 is 4.74 Å². The molecule has 0 saturated heterocycles. The lowest BCUT2D eigenvalue weighted by molar-refractivity contribution is -0.386. The van der Waals surface area contributed by atoms with Crippen molar-refractivity contribution in [2.45, 2.75) is 121 Å². The number of sulfonamides is 1. The van der Waals surface area contributed by atoms with Gasteiger partial charge in [-0.2, -0.15) is 4.31 Å². The van der Waals surface area contributed by atoms with Gasteiger partial charge in [0, 0.05) is 19.2 Å². The van der Waals surface area contributed by atoms with E-state index in [-0.39, 0.29) is 16.3 Å². The Morgan fingerprint density at radius 3 is 1.60 bits per heavy atom. The second kappa shape index (κ2) is 18.6. The van der Waals surface area contributed by atoms with Crippen LogP contribution in [0.5, 0.6) is 5.75 Å². The Bertz CT molecular complexity index is 794. The zero-order valence-electron chi connectivity index (χ0n) is 22.3. The van der Waals surface area contributed by atoms with Crippen LogP contribution in [-0.4, -0.2) is 37.8 Å². The van der Waals surface area contributed by atoms with Gasteiger partial charge in [0.15, 0.2) is 5.75 Å². The molecule has 0 aliphatic carbocycles. The molecular weight excluding hydrogens is 464 g/mol. The second-order valence-corrected chi connectivity index (χ2v) is 11.4. The van der Waals surface area contributed by atoms with E-state index in [9.17, 15) is 18.5 Å². The first-order valence-corrected chi connectivity index (χ1v) is 15.1. The van der Waals surface area contributed by atoms with Crippen LogP contribution in [0.15, 0.2) is 23.1 Å². The van der Waals surface area contributed by atoms with Crippen molar-refractivity contribution in [2.24, 2.45) is 0 Å². The molecule has 202 valence electrons. The van der Waals surface area contributed by atoms with Gasteiger partial charge in [-0.25, -0.2) is 8.42 Å². The highest BCUT2D eigenvalue weighted by Gasteiger charge is 2.27. The van der Waals surface area contributed by atoms with Crippen LogP contribution in [0.25, 0.3) is 0 Å². The van der Waals surface area contributed by atoms with E-state index < -0.39 is 14.9 Å². The quantitative estimate of drug-likeness (QED) is 0.0895. The van der Waals surface area contributed by atoms with E-state index in [1.807, 2.05) is 0 Å². The molecule has 0 aromatic heterocycles. The maximum Gasteiger partial charge on any atom is 0.312 e. The van der Waals surface area contributed by atoms with Gasteiger partial charge >= 0.3 is 5.69 Å². The van der Waals surface area contributed by atoms with Crippen molar-refractivity contribution < 1.29 is 18.1 Å². The summed E-state index contributed by atoms with van der Waals surface area (Å²) < 4.78 is 33.5. The molecule has 35 heavy (non-hydrogen) atoms. The number of hydrogen-bond donors (Lipinski definition) is 0. The molecule has 0 heterocycles. The molecule has 0 unspecified atom stereocenters. The average Bonchev–Trinajstić information content (AvgIpc) is 2.85. The van der Waals surface area contributed by atoms with Gasteiger partial charge in [-0.15, -0.1) is 0 Å². The molecule has 1 aromatic carbocycles. The molecule has 0 amide bonds. The number of benzene rings is 1. The molecule has 0 aliphatic heterocycles. The van der Waals surface area contributed by atoms with Crippen LogP contribution in [0.1, 0.15) is 117 Å². The highest BCUT2D eigenvalue weighted by Crippen LogP contribution is 2.31. The summed E-state index contributed by atoms with van der Waals surface area (Å²) in [4.78, 5) is 10.8. The maximum absolute atomic E-state index is 13.4. The van der Waals surface area contributed by atoms with Crippen LogP contribution in [0.4, 0.5) is 5.69 Å². The fourth-order valence-corrected chi connectivity index (χ4v) is 5.86. The van der Waals surface area contributed by atoms with Crippen molar-refractivity contribution >= 4 is 15.7 Å². The smallest absolute Gasteiger partial charge is 0.312 e. The summed E-state index contributed by atoms with van der Waals surface area (Å²) in [6.45, 7) is 5.32. The molecule has 0 N–H and O–H groups in total. The summed E-state index contributed by atoms with van der Waals surface area (Å²) in [5, 5.41) is 11.4. The second-order valence-electron chi connectivity index (χ2n) is 9.44. The van der Waals surface area contributed by atoms with E-state index in [0.29, 0.717) is 13.1 Å². The summed E-state index contributed by atoms with van der Waals surface area (Å²) in [5.74, 6) is 0.0617. The molecule has 0 atom stereocenters. The third-order valence-corrected chi connectivity index (χ3v) is 8.40. The maximum atomic E-state index is 13.4. The number of unbranched alkanes of at least 4 members (excludes halogenated alkanes) is 14. The number of hydrogen-bond acceptors (Lipinski definition) is 5. The first-order chi connectivity index (χ1) is 16.9. The SMILES string of the molecule is CCCCCCCCCCN(CCCCCCCCCC)S(=O)(=O)c1ccc(OC)c([N+](=O)[O-])c1. The van der Waals surface area contributed by atoms with Gasteiger partial charge in [0.2, 0.25) is 10.0 Å². The molecule has 7 nitrogen and oxygen atoms in total. The topological polar surface area (TPSA) is 89.8 Å². The first kappa shape index (κ1) is 31.4. The number of nitro groups is 1. The lowest BCUT2D eigenvalue weighted by Gasteiger charge is -2.22. The summed E-state index contributed by atoms with van der Waals surface area (Å²) in [7, 11) is -2.48. The van der Waals surface area contributed by atoms with Gasteiger partial charge in [0.05, 0.1) is 16.9 Å². The minimum atomic E-state index is -3.82. The van der Waals surface area contributed by atoms with Crippen molar-refractivity contribution in [3.05, 3.63) is 28.3 Å². The minimum Gasteiger partial charge on any atom is -0.490 e. The molecule has 0 radical (unpaired) electrons. The normalized spacial score (nSPS) is 11.8. The number of ether oxygens (including phenoxy) is 1. The third-order valence-electron chi connectivity index (χ3n) is 6.51. The van der Waals surface area contributed by atoms with E-state index in [4.69, 9.17) is 4.74 Å². The Balaban J connectivity index is 2.75. The Labute approximate surface area is 213 Å². The Kier molecular flexibility index (Phi) is 16.6. The van der Waals surface area contributed by atoms with Gasteiger partial charge in [0.1, 0.15) is 0 Å². The lowest BCUT2D eigenvalue weighted by atomic mass is 10.1. The zero-order valence-corrected chi connectivity index (χ0v) is 23.1. The summed E-state index contributed by atoms with van der Waals surface area (Å²) in [6.07, 6.45) is 18.3. The molecule has 0 spiro atoms. The third kappa shape index (κ3) is 12.2. The van der Waals surface area contributed by atoms with Gasteiger partial charge in [-0.3, -0.25) is 10.1 Å². The van der Waals surface area contributed by atoms with E-state index in [1.165, 1.54) is 87.8 Å². The Morgan fingerprint density at radius 1 is 0.771 bits per heavy atom. The van der Waals surface area contributed by atoms with Crippen LogP contribution in [0.2, 0.25) is 0 Å². The minimum absolute atomic E-state index is 0.0378. The highest BCUT2D eigenvalue weighted by molar-refractivity contribution is 7.89. The van der Waals surface area contributed by atoms with Gasteiger partial charge in [-0.05, 0) is 25.0 Å². The average molecular weight is 513 g/mol. The zero-order chi connectivity index (χ0) is 25.9. The molecule has 0 fully saturated rings. The number of nitro benzene ring substituents is 1. The highest BCUT2D eigenvalue weighted by atomic mass is 32.2. The van der Waals surface area contributed by atoms with Crippen molar-refractivity contribution in [3.8, 4) is 5.75 Å². The lowest BCUT2D eigenvalue weighted by Crippen LogP contribution is -2.33. The summed E-state index contributed by atoms with van der Waals surface area (Å²) in [5.41, 5.74) is -0.326. The summed E-state index contributed by atoms with van der Waals surface area (Å²) >= 11 is 0.